The number of hydrogen-bond acceptors (Lipinski definition) is 2. The molecule has 2 N–H and O–H groups in total. The number of hydrogen-bond donors (Lipinski definition) is 2. The molecule has 4 heteroatoms. The van der Waals surface area contributed by atoms with E-state index in [1.807, 2.05) is 6.07 Å². The first-order valence-electron chi connectivity index (χ1n) is 5.12. The molecule has 84 valence electrons. The van der Waals surface area contributed by atoms with Crippen molar-refractivity contribution in [1.29, 1.82) is 0 Å². The fraction of sp³-hybridized carbons (Fsp3) is 0.250. The van der Waals surface area contributed by atoms with Crippen LogP contribution in [0.25, 0.3) is 0 Å². The minimum Gasteiger partial charge on any atom is -0.478 e. The van der Waals surface area contributed by atoms with Gasteiger partial charge in [-0.15, -0.1) is 0 Å². The van der Waals surface area contributed by atoms with Crippen LogP contribution in [0.15, 0.2) is 34.8 Å². The van der Waals surface area contributed by atoms with E-state index in [-0.39, 0.29) is 0 Å². The lowest BCUT2D eigenvalue weighted by Gasteiger charge is -2.16. The molecule has 1 aliphatic rings. The highest BCUT2D eigenvalue weighted by molar-refractivity contribution is 9.10. The Hall–Kier alpha value is -1.29. The van der Waals surface area contributed by atoms with Gasteiger partial charge in [-0.25, -0.2) is 4.79 Å². The number of carbonyl (C=O) groups is 1. The predicted molar refractivity (Wildman–Crippen MR) is 66.9 cm³/mol. The van der Waals surface area contributed by atoms with E-state index in [2.05, 4.69) is 33.4 Å². The third-order valence-corrected chi connectivity index (χ3v) is 3.26. The average molecular weight is 282 g/mol. The van der Waals surface area contributed by atoms with Crippen molar-refractivity contribution >= 4 is 27.6 Å². The first-order valence-corrected chi connectivity index (χ1v) is 5.91. The molecule has 0 saturated carbocycles. The Morgan fingerprint density at radius 1 is 1.38 bits per heavy atom. The molecule has 0 aromatic heterocycles. The predicted octanol–water partition coefficient (Wildman–Crippen LogP) is 3.28. The second-order valence-electron chi connectivity index (χ2n) is 3.75. The van der Waals surface area contributed by atoms with E-state index >= 15 is 0 Å². The number of halogens is 1. The van der Waals surface area contributed by atoms with Crippen LogP contribution in [0.5, 0.6) is 0 Å². The van der Waals surface area contributed by atoms with Crippen LogP contribution < -0.4 is 5.32 Å². The second kappa shape index (κ2) is 4.70. The van der Waals surface area contributed by atoms with Crippen LogP contribution in [0.3, 0.4) is 0 Å². The molecule has 0 radical (unpaired) electrons. The fourth-order valence-electron chi connectivity index (χ4n) is 1.82. The summed E-state index contributed by atoms with van der Waals surface area (Å²) in [5.41, 5.74) is 0.977. The van der Waals surface area contributed by atoms with Crippen LogP contribution in [-0.4, -0.2) is 17.1 Å². The molecule has 1 aromatic carbocycles. The van der Waals surface area contributed by atoms with Crippen molar-refractivity contribution in [3.8, 4) is 0 Å². The number of carboxylic acids is 1. The van der Waals surface area contributed by atoms with Gasteiger partial charge >= 0.3 is 5.97 Å². The van der Waals surface area contributed by atoms with Crippen LogP contribution in [0.4, 0.5) is 5.69 Å². The fourth-order valence-corrected chi connectivity index (χ4v) is 2.35. The van der Waals surface area contributed by atoms with Gasteiger partial charge in [0.1, 0.15) is 0 Å². The lowest BCUT2D eigenvalue weighted by Crippen LogP contribution is -2.17. The molecule has 0 fully saturated rings. The van der Waals surface area contributed by atoms with Crippen molar-refractivity contribution in [3.05, 3.63) is 40.4 Å². The molecule has 0 unspecified atom stereocenters. The summed E-state index contributed by atoms with van der Waals surface area (Å²) >= 11 is 3.26. The quantitative estimate of drug-likeness (QED) is 0.836. The van der Waals surface area contributed by atoms with E-state index in [0.29, 0.717) is 21.8 Å². The molecule has 3 nitrogen and oxygen atoms in total. The van der Waals surface area contributed by atoms with Gasteiger partial charge in [0.15, 0.2) is 0 Å². The van der Waals surface area contributed by atoms with Crippen molar-refractivity contribution in [1.82, 2.24) is 0 Å². The largest absolute Gasteiger partial charge is 0.478 e. The standard InChI is InChI=1S/C12H12BrNO2/c13-9-6-3-7-10(11(9)12(15)16)14-8-4-1-2-5-8/h1-3,6-8,14H,4-5H2,(H,15,16). The molecule has 1 aromatic rings. The highest BCUT2D eigenvalue weighted by Crippen LogP contribution is 2.27. The Labute approximate surface area is 102 Å². The van der Waals surface area contributed by atoms with E-state index in [9.17, 15) is 4.79 Å². The molecule has 0 saturated heterocycles. The van der Waals surface area contributed by atoms with E-state index in [4.69, 9.17) is 5.11 Å². The van der Waals surface area contributed by atoms with Gasteiger partial charge in [-0.1, -0.05) is 18.2 Å². The summed E-state index contributed by atoms with van der Waals surface area (Å²) in [6, 6.07) is 5.68. The molecule has 0 bridgehead atoms. The molecular weight excluding hydrogens is 270 g/mol. The summed E-state index contributed by atoms with van der Waals surface area (Å²) in [6.07, 6.45) is 6.11. The molecule has 0 aliphatic heterocycles. The minimum absolute atomic E-state index is 0.300. The van der Waals surface area contributed by atoms with E-state index in [1.165, 1.54) is 0 Å². The summed E-state index contributed by atoms with van der Waals surface area (Å²) in [4.78, 5) is 11.1. The monoisotopic (exact) mass is 281 g/mol. The van der Waals surface area contributed by atoms with Gasteiger partial charge in [-0.2, -0.15) is 0 Å². The van der Waals surface area contributed by atoms with Crippen LogP contribution >= 0.6 is 15.9 Å². The van der Waals surface area contributed by atoms with Crippen molar-refractivity contribution < 1.29 is 9.90 Å². The van der Waals surface area contributed by atoms with Gasteiger partial charge in [0.05, 0.1) is 11.3 Å². The van der Waals surface area contributed by atoms with E-state index in [0.717, 1.165) is 12.8 Å². The highest BCUT2D eigenvalue weighted by atomic mass is 79.9. The Bertz CT molecular complexity index is 435. The van der Waals surface area contributed by atoms with Crippen molar-refractivity contribution in [2.75, 3.05) is 5.32 Å². The summed E-state index contributed by atoms with van der Waals surface area (Å²) in [5.74, 6) is -0.916. The normalized spacial score (nSPS) is 15.3. The maximum Gasteiger partial charge on any atom is 0.338 e. The first-order chi connectivity index (χ1) is 7.68. The number of nitrogens with one attached hydrogen (secondary N) is 1. The smallest absolute Gasteiger partial charge is 0.338 e. The lowest BCUT2D eigenvalue weighted by atomic mass is 10.1. The third-order valence-electron chi connectivity index (χ3n) is 2.59. The molecule has 0 spiro atoms. The van der Waals surface area contributed by atoms with Gasteiger partial charge in [0, 0.05) is 10.5 Å². The lowest BCUT2D eigenvalue weighted by molar-refractivity contribution is 0.0697. The van der Waals surface area contributed by atoms with E-state index in [1.54, 1.807) is 12.1 Å². The summed E-state index contributed by atoms with van der Waals surface area (Å²) in [6.45, 7) is 0. The molecular formula is C12H12BrNO2. The molecule has 2 rings (SSSR count). The molecule has 0 atom stereocenters. The highest BCUT2D eigenvalue weighted by Gasteiger charge is 2.17. The van der Waals surface area contributed by atoms with Gasteiger partial charge in [0.25, 0.3) is 0 Å². The second-order valence-corrected chi connectivity index (χ2v) is 4.61. The number of benzene rings is 1. The molecule has 16 heavy (non-hydrogen) atoms. The summed E-state index contributed by atoms with van der Waals surface area (Å²) < 4.78 is 0.607. The first kappa shape index (κ1) is 11.2. The van der Waals surface area contributed by atoms with Crippen LogP contribution in [0.1, 0.15) is 23.2 Å². The van der Waals surface area contributed by atoms with Gasteiger partial charge in [-0.3, -0.25) is 0 Å². The zero-order valence-corrected chi connectivity index (χ0v) is 10.2. The number of anilines is 1. The average Bonchev–Trinajstić information content (AvgIpc) is 2.70. The maximum absolute atomic E-state index is 11.1. The number of carboxylic acid groups (broad SMARTS) is 1. The molecule has 0 amide bonds. The Morgan fingerprint density at radius 3 is 2.69 bits per heavy atom. The van der Waals surface area contributed by atoms with Crippen molar-refractivity contribution in [2.24, 2.45) is 0 Å². The van der Waals surface area contributed by atoms with Crippen LogP contribution in [0, 0.1) is 0 Å². The SMILES string of the molecule is O=C(O)c1c(Br)cccc1NC1CC=CC1. The van der Waals surface area contributed by atoms with E-state index < -0.39 is 5.97 Å². The van der Waals surface area contributed by atoms with Gasteiger partial charge in [-0.05, 0) is 40.9 Å². The zero-order chi connectivity index (χ0) is 11.5. The summed E-state index contributed by atoms with van der Waals surface area (Å²) in [5, 5.41) is 12.4. The van der Waals surface area contributed by atoms with Crippen LogP contribution in [0.2, 0.25) is 0 Å². The van der Waals surface area contributed by atoms with Crippen molar-refractivity contribution in [2.45, 2.75) is 18.9 Å². The zero-order valence-electron chi connectivity index (χ0n) is 8.61. The number of rotatable bonds is 3. The summed E-state index contributed by atoms with van der Waals surface area (Å²) in [7, 11) is 0. The van der Waals surface area contributed by atoms with Gasteiger partial charge in [0.2, 0.25) is 0 Å². The Balaban J connectivity index is 2.25. The Kier molecular flexibility index (Phi) is 3.29. The van der Waals surface area contributed by atoms with Gasteiger partial charge < -0.3 is 10.4 Å². The van der Waals surface area contributed by atoms with Crippen molar-refractivity contribution in [3.63, 3.8) is 0 Å². The topological polar surface area (TPSA) is 49.3 Å². The molecule has 0 heterocycles. The van der Waals surface area contributed by atoms with Crippen LogP contribution in [-0.2, 0) is 0 Å². The molecule has 1 aliphatic carbocycles. The Morgan fingerprint density at radius 2 is 2.06 bits per heavy atom. The maximum atomic E-state index is 11.1. The number of aromatic carboxylic acids is 1. The minimum atomic E-state index is -0.916. The third kappa shape index (κ3) is 2.27.